The number of halogens is 1. The molecule has 0 fully saturated rings. The molecular formula is C20H21FN2O. The second-order valence-electron chi connectivity index (χ2n) is 6.73. The van der Waals surface area contributed by atoms with Crippen molar-refractivity contribution in [1.82, 2.24) is 4.90 Å². The molecule has 24 heavy (non-hydrogen) atoms. The van der Waals surface area contributed by atoms with Gasteiger partial charge in [0.15, 0.2) is 5.58 Å². The van der Waals surface area contributed by atoms with Crippen molar-refractivity contribution in [3.63, 3.8) is 0 Å². The van der Waals surface area contributed by atoms with Gasteiger partial charge < -0.3 is 14.2 Å². The van der Waals surface area contributed by atoms with Crippen molar-refractivity contribution in [1.29, 1.82) is 0 Å². The van der Waals surface area contributed by atoms with Crippen LogP contribution in [0.2, 0.25) is 0 Å². The van der Waals surface area contributed by atoms with Gasteiger partial charge in [-0.15, -0.1) is 0 Å². The Hall–Kier alpha value is -2.49. The monoisotopic (exact) mass is 324 g/mol. The van der Waals surface area contributed by atoms with E-state index < -0.39 is 0 Å². The summed E-state index contributed by atoms with van der Waals surface area (Å²) in [6.07, 6.45) is 4.43. The zero-order valence-corrected chi connectivity index (χ0v) is 14.4. The molecule has 1 unspecified atom stereocenters. The molecule has 2 heterocycles. The van der Waals surface area contributed by atoms with Gasteiger partial charge in [-0.3, -0.25) is 0 Å². The molecule has 1 atom stereocenters. The summed E-state index contributed by atoms with van der Waals surface area (Å²) < 4.78 is 19.6. The van der Waals surface area contributed by atoms with Gasteiger partial charge in [0.1, 0.15) is 17.6 Å². The van der Waals surface area contributed by atoms with E-state index in [9.17, 15) is 4.39 Å². The van der Waals surface area contributed by atoms with Gasteiger partial charge in [-0.1, -0.05) is 12.1 Å². The molecule has 0 saturated carbocycles. The van der Waals surface area contributed by atoms with E-state index in [1.807, 2.05) is 0 Å². The third-order valence-corrected chi connectivity index (χ3v) is 4.87. The number of furan rings is 1. The maximum Gasteiger partial charge on any atom is 0.159 e. The van der Waals surface area contributed by atoms with Crippen LogP contribution < -0.4 is 4.90 Å². The molecule has 0 N–H and O–H groups in total. The van der Waals surface area contributed by atoms with Crippen molar-refractivity contribution in [3.05, 3.63) is 54.1 Å². The van der Waals surface area contributed by atoms with Crippen molar-refractivity contribution in [2.24, 2.45) is 0 Å². The van der Waals surface area contributed by atoms with E-state index in [1.54, 1.807) is 6.07 Å². The maximum absolute atomic E-state index is 13.6. The highest BCUT2D eigenvalue weighted by Crippen LogP contribution is 2.40. The van der Waals surface area contributed by atoms with Gasteiger partial charge in [-0.05, 0) is 45.4 Å². The summed E-state index contributed by atoms with van der Waals surface area (Å²) >= 11 is 0. The van der Waals surface area contributed by atoms with Gasteiger partial charge in [0, 0.05) is 35.3 Å². The molecule has 3 aromatic rings. The predicted molar refractivity (Wildman–Crippen MR) is 96.5 cm³/mol. The highest BCUT2D eigenvalue weighted by molar-refractivity contribution is 6.09. The minimum Gasteiger partial charge on any atom is -0.454 e. The summed E-state index contributed by atoms with van der Waals surface area (Å²) in [5.41, 5.74) is 3.60. The third-order valence-electron chi connectivity index (χ3n) is 4.87. The van der Waals surface area contributed by atoms with Gasteiger partial charge in [0.05, 0.1) is 5.69 Å². The van der Waals surface area contributed by atoms with Gasteiger partial charge >= 0.3 is 0 Å². The van der Waals surface area contributed by atoms with Crippen LogP contribution in [0, 0.1) is 12.7 Å². The molecule has 1 aliphatic heterocycles. The van der Waals surface area contributed by atoms with E-state index in [0.717, 1.165) is 27.6 Å². The normalized spacial score (nSPS) is 17.8. The number of hydrogen-bond donors (Lipinski definition) is 0. The van der Waals surface area contributed by atoms with Gasteiger partial charge in [-0.2, -0.15) is 0 Å². The number of anilines is 1. The molecule has 0 radical (unpaired) electrons. The van der Waals surface area contributed by atoms with Crippen molar-refractivity contribution in [3.8, 4) is 0 Å². The second kappa shape index (κ2) is 5.26. The molecule has 1 aliphatic rings. The minimum atomic E-state index is -0.278. The lowest BCUT2D eigenvalue weighted by molar-refractivity contribution is 0.263. The molecule has 124 valence electrons. The maximum atomic E-state index is 13.6. The van der Waals surface area contributed by atoms with Crippen LogP contribution in [0.5, 0.6) is 0 Å². The van der Waals surface area contributed by atoms with Gasteiger partial charge in [-0.25, -0.2) is 4.39 Å². The fourth-order valence-corrected chi connectivity index (χ4v) is 3.63. The largest absolute Gasteiger partial charge is 0.454 e. The molecule has 1 aromatic heterocycles. The first kappa shape index (κ1) is 15.1. The average Bonchev–Trinajstić information content (AvgIpc) is 3.07. The van der Waals surface area contributed by atoms with E-state index in [-0.39, 0.29) is 12.0 Å². The molecule has 0 aliphatic carbocycles. The van der Waals surface area contributed by atoms with Gasteiger partial charge in [0.2, 0.25) is 0 Å². The summed E-state index contributed by atoms with van der Waals surface area (Å²) in [6, 6.07) is 9.31. The summed E-state index contributed by atoms with van der Waals surface area (Å²) in [5, 5.41) is 1.97. The standard InChI is InChI=1S/C20H21FN2O/c1-12(2)22-9-10-23(14(22)4)19-13(3)5-7-17-16-8-6-15(21)11-18(16)24-20(17)19/h5-12,14H,1-4H3. The molecule has 0 amide bonds. The number of fused-ring (bicyclic) bond motifs is 3. The first-order chi connectivity index (χ1) is 11.5. The highest BCUT2D eigenvalue weighted by atomic mass is 19.1. The van der Waals surface area contributed by atoms with E-state index >= 15 is 0 Å². The summed E-state index contributed by atoms with van der Waals surface area (Å²) in [4.78, 5) is 4.54. The molecule has 4 heteroatoms. The Morgan fingerprint density at radius 1 is 1.08 bits per heavy atom. The Morgan fingerprint density at radius 2 is 1.83 bits per heavy atom. The lowest BCUT2D eigenvalue weighted by Crippen LogP contribution is -2.39. The smallest absolute Gasteiger partial charge is 0.159 e. The SMILES string of the molecule is Cc1ccc2c(oc3cc(F)ccc32)c1N1C=CN(C(C)C)C1C. The van der Waals surface area contributed by atoms with Crippen LogP contribution in [0.3, 0.4) is 0 Å². The summed E-state index contributed by atoms with van der Waals surface area (Å²) in [5.74, 6) is -0.278. The Kier molecular flexibility index (Phi) is 3.30. The number of benzene rings is 2. The Balaban J connectivity index is 1.94. The summed E-state index contributed by atoms with van der Waals surface area (Å²) in [7, 11) is 0. The second-order valence-corrected chi connectivity index (χ2v) is 6.73. The van der Waals surface area contributed by atoms with Crippen molar-refractivity contribution >= 4 is 27.6 Å². The number of rotatable bonds is 2. The molecule has 0 spiro atoms. The van der Waals surface area contributed by atoms with E-state index in [0.29, 0.717) is 11.6 Å². The Bertz CT molecular complexity index is 957. The minimum absolute atomic E-state index is 0.208. The predicted octanol–water partition coefficient (Wildman–Crippen LogP) is 5.38. The van der Waals surface area contributed by atoms with Crippen LogP contribution in [0.4, 0.5) is 10.1 Å². The van der Waals surface area contributed by atoms with Crippen LogP contribution >= 0.6 is 0 Å². The molecule has 2 aromatic carbocycles. The van der Waals surface area contributed by atoms with Gasteiger partial charge in [0.25, 0.3) is 0 Å². The van der Waals surface area contributed by atoms with Crippen LogP contribution in [-0.4, -0.2) is 17.1 Å². The molecular weight excluding hydrogens is 303 g/mol. The zero-order chi connectivity index (χ0) is 17.0. The lowest BCUT2D eigenvalue weighted by Gasteiger charge is -2.33. The third kappa shape index (κ3) is 2.09. The topological polar surface area (TPSA) is 19.6 Å². The number of aryl methyl sites for hydroxylation is 1. The van der Waals surface area contributed by atoms with Crippen LogP contribution in [0.25, 0.3) is 21.9 Å². The lowest BCUT2D eigenvalue weighted by atomic mass is 10.1. The molecule has 3 nitrogen and oxygen atoms in total. The highest BCUT2D eigenvalue weighted by Gasteiger charge is 2.28. The molecule has 0 saturated heterocycles. The van der Waals surface area contributed by atoms with E-state index in [4.69, 9.17) is 4.42 Å². The fraction of sp³-hybridized carbons (Fsp3) is 0.300. The quantitative estimate of drug-likeness (QED) is 0.631. The van der Waals surface area contributed by atoms with Crippen LogP contribution in [0.15, 0.2) is 47.1 Å². The van der Waals surface area contributed by atoms with Crippen molar-refractivity contribution in [2.45, 2.75) is 39.9 Å². The zero-order valence-electron chi connectivity index (χ0n) is 14.4. The van der Waals surface area contributed by atoms with E-state index in [1.165, 1.54) is 12.1 Å². The average molecular weight is 324 g/mol. The summed E-state index contributed by atoms with van der Waals surface area (Å²) in [6.45, 7) is 8.63. The fourth-order valence-electron chi connectivity index (χ4n) is 3.63. The van der Waals surface area contributed by atoms with E-state index in [2.05, 4.69) is 62.0 Å². The molecule has 4 rings (SSSR count). The first-order valence-corrected chi connectivity index (χ1v) is 8.33. The number of hydrogen-bond acceptors (Lipinski definition) is 3. The van der Waals surface area contributed by atoms with Crippen LogP contribution in [0.1, 0.15) is 26.3 Å². The Morgan fingerprint density at radius 3 is 2.54 bits per heavy atom. The number of nitrogens with zero attached hydrogens (tertiary/aromatic N) is 2. The van der Waals surface area contributed by atoms with Crippen molar-refractivity contribution in [2.75, 3.05) is 4.90 Å². The molecule has 0 bridgehead atoms. The van der Waals surface area contributed by atoms with Crippen molar-refractivity contribution < 1.29 is 8.81 Å². The first-order valence-electron chi connectivity index (χ1n) is 8.33. The van der Waals surface area contributed by atoms with Crippen LogP contribution in [-0.2, 0) is 0 Å². The Labute approximate surface area is 140 Å².